The molecular formula is C5H14Cl2O8P2-6. The zero-order valence-corrected chi connectivity index (χ0v) is 12.9. The summed E-state index contributed by atoms with van der Waals surface area (Å²) in [7, 11) is -10.8. The van der Waals surface area contributed by atoms with E-state index in [2.05, 4.69) is 27.7 Å². The number of halogens is 2. The highest BCUT2D eigenvalue weighted by molar-refractivity contribution is 7.40. The lowest BCUT2D eigenvalue weighted by atomic mass is 10.0. The van der Waals surface area contributed by atoms with Gasteiger partial charge in [-0.25, -0.2) is 0 Å². The summed E-state index contributed by atoms with van der Waals surface area (Å²) in [6, 6.07) is 0. The van der Waals surface area contributed by atoms with Crippen molar-refractivity contribution in [2.75, 3.05) is 0 Å². The summed E-state index contributed by atoms with van der Waals surface area (Å²) in [6.45, 7) is 8.75. The first-order valence-corrected chi connectivity index (χ1v) is 6.38. The Morgan fingerprint density at radius 3 is 0.647 bits per heavy atom. The molecule has 0 amide bonds. The summed E-state index contributed by atoms with van der Waals surface area (Å²) >= 11 is 0. The van der Waals surface area contributed by atoms with E-state index in [4.69, 9.17) is 38.5 Å². The van der Waals surface area contributed by atoms with Crippen LogP contribution in [0.3, 0.4) is 0 Å². The van der Waals surface area contributed by atoms with Gasteiger partial charge < -0.3 is 38.5 Å². The van der Waals surface area contributed by atoms with Crippen LogP contribution in [0.2, 0.25) is 0 Å². The lowest BCUT2D eigenvalue weighted by Gasteiger charge is -2.36. The molecule has 0 rings (SSSR count). The number of hydrogen-bond acceptors (Lipinski definition) is 8. The maximum absolute atomic E-state index is 8.55. The van der Waals surface area contributed by atoms with Crippen molar-refractivity contribution >= 4 is 40.5 Å². The molecule has 0 aliphatic carbocycles. The van der Waals surface area contributed by atoms with Gasteiger partial charge in [-0.1, -0.05) is 27.7 Å². The molecule has 8 nitrogen and oxygen atoms in total. The molecule has 0 saturated heterocycles. The molecule has 0 aromatic heterocycles. The molecule has 0 N–H and O–H groups in total. The minimum Gasteiger partial charge on any atom is -0.822 e. The fraction of sp³-hybridized carbons (Fsp3) is 1.00. The van der Waals surface area contributed by atoms with Gasteiger partial charge in [-0.3, -0.25) is 0 Å². The molecule has 0 unspecified atom stereocenters. The van der Waals surface area contributed by atoms with Crippen molar-refractivity contribution < 1.29 is 38.5 Å². The third kappa shape index (κ3) is 5750. The van der Waals surface area contributed by atoms with Gasteiger partial charge in [0.1, 0.15) is 0 Å². The standard InChI is InChI=1S/C5H12.2ClH.2H3O4P/c1-5(2,3)4;;;2*1-5(2,3)4/h1-4H3;2*1H;2*(H3,1,2,3,4)/p-6. The molecule has 0 saturated carbocycles. The van der Waals surface area contributed by atoms with Crippen molar-refractivity contribution in [3.05, 3.63) is 0 Å². The first-order valence-electron chi connectivity index (χ1n) is 3.46. The average molecular weight is 335 g/mol. The molecule has 0 bridgehead atoms. The zero-order valence-electron chi connectivity index (χ0n) is 9.48. The van der Waals surface area contributed by atoms with E-state index in [-0.39, 0.29) is 24.8 Å². The zero-order chi connectivity index (χ0) is 13.5. The van der Waals surface area contributed by atoms with Gasteiger partial charge in [0.2, 0.25) is 0 Å². The van der Waals surface area contributed by atoms with Gasteiger partial charge in [0, 0.05) is 0 Å². The van der Waals surface area contributed by atoms with E-state index in [1.807, 2.05) is 0 Å². The highest BCUT2D eigenvalue weighted by Crippen LogP contribution is 2.08. The normalized spacial score (nSPS) is 10.5. The Balaban J connectivity index is -0.0000000400. The number of phosphoric acid groups is 2. The third-order valence-electron chi connectivity index (χ3n) is 0. The van der Waals surface area contributed by atoms with Crippen LogP contribution in [0.25, 0.3) is 0 Å². The van der Waals surface area contributed by atoms with E-state index >= 15 is 0 Å². The van der Waals surface area contributed by atoms with Crippen molar-refractivity contribution in [2.45, 2.75) is 27.7 Å². The number of hydrogen-bond donors (Lipinski definition) is 0. The van der Waals surface area contributed by atoms with E-state index in [0.717, 1.165) is 0 Å². The van der Waals surface area contributed by atoms with E-state index in [0.29, 0.717) is 5.41 Å². The quantitative estimate of drug-likeness (QED) is 0.428. The van der Waals surface area contributed by atoms with Crippen LogP contribution in [0.15, 0.2) is 0 Å². The first-order chi connectivity index (χ1) is 6.00. The average Bonchev–Trinajstić information content (AvgIpc) is 1.41. The smallest absolute Gasteiger partial charge is 0.0411 e. The molecule has 0 aliphatic heterocycles. The molecular weight excluding hydrogens is 321 g/mol. The summed E-state index contributed by atoms with van der Waals surface area (Å²) < 4.78 is 17.1. The molecule has 112 valence electrons. The Morgan fingerprint density at radius 2 is 0.647 bits per heavy atom. The molecule has 0 radical (unpaired) electrons. The fourth-order valence-corrected chi connectivity index (χ4v) is 0. The Labute approximate surface area is 112 Å². The Kier molecular flexibility index (Phi) is 21.4. The second kappa shape index (κ2) is 11.9. The van der Waals surface area contributed by atoms with Gasteiger partial charge in [-0.15, -0.1) is 24.8 Å². The topological polar surface area (TPSA) is 172 Å². The molecule has 17 heavy (non-hydrogen) atoms. The van der Waals surface area contributed by atoms with Crippen LogP contribution in [0, 0.1) is 5.41 Å². The van der Waals surface area contributed by atoms with Gasteiger partial charge in [0.05, 0.1) is 0 Å². The van der Waals surface area contributed by atoms with Crippen LogP contribution < -0.4 is 29.4 Å². The maximum atomic E-state index is 8.55. The van der Waals surface area contributed by atoms with Gasteiger partial charge in [-0.2, -0.15) is 15.6 Å². The van der Waals surface area contributed by atoms with Crippen LogP contribution in [0.1, 0.15) is 27.7 Å². The van der Waals surface area contributed by atoms with Crippen molar-refractivity contribution in [2.24, 2.45) is 5.41 Å². The van der Waals surface area contributed by atoms with Crippen LogP contribution >= 0.6 is 40.5 Å². The molecule has 0 heterocycles. The van der Waals surface area contributed by atoms with Crippen LogP contribution in [-0.4, -0.2) is 0 Å². The monoisotopic (exact) mass is 334 g/mol. The SMILES string of the molecule is CC(C)(C)C.Cl.Cl.O=P([O-])([O-])[O-].O=P([O-])([O-])[O-]. The Bertz CT molecular complexity index is 198. The van der Waals surface area contributed by atoms with E-state index in [1.165, 1.54) is 0 Å². The molecule has 12 heteroatoms. The third-order valence-corrected chi connectivity index (χ3v) is 0. The summed E-state index contributed by atoms with van der Waals surface area (Å²) in [5.41, 5.74) is 0.500. The summed E-state index contributed by atoms with van der Waals surface area (Å²) in [4.78, 5) is 51.3. The predicted molar refractivity (Wildman–Crippen MR) is 54.8 cm³/mol. The Morgan fingerprint density at radius 1 is 0.647 bits per heavy atom. The first kappa shape index (κ1) is 30.7. The van der Waals surface area contributed by atoms with Crippen LogP contribution in [-0.2, 0) is 9.13 Å². The second-order valence-electron chi connectivity index (χ2n) is 3.89. The summed E-state index contributed by atoms with van der Waals surface area (Å²) in [5.74, 6) is 0. The minimum absolute atomic E-state index is 0. The molecule has 0 aromatic carbocycles. The van der Waals surface area contributed by atoms with E-state index in [1.54, 1.807) is 0 Å². The maximum Gasteiger partial charge on any atom is -0.0411 e. The predicted octanol–water partition coefficient (Wildman–Crippen LogP) is -2.75. The lowest BCUT2D eigenvalue weighted by Crippen LogP contribution is -2.24. The van der Waals surface area contributed by atoms with Crippen LogP contribution in [0.5, 0.6) is 0 Å². The van der Waals surface area contributed by atoms with Crippen molar-refractivity contribution in [1.82, 2.24) is 0 Å². The van der Waals surface area contributed by atoms with Gasteiger partial charge in [0.25, 0.3) is 0 Å². The van der Waals surface area contributed by atoms with Crippen LogP contribution in [0.4, 0.5) is 0 Å². The van der Waals surface area contributed by atoms with E-state index in [9.17, 15) is 0 Å². The van der Waals surface area contributed by atoms with Gasteiger partial charge >= 0.3 is 0 Å². The van der Waals surface area contributed by atoms with Gasteiger partial charge in [0.15, 0.2) is 0 Å². The highest BCUT2D eigenvalue weighted by Gasteiger charge is 1.95. The van der Waals surface area contributed by atoms with Gasteiger partial charge in [-0.05, 0) is 5.41 Å². The molecule has 0 atom stereocenters. The molecule has 0 spiro atoms. The molecule has 0 fully saturated rings. The minimum atomic E-state index is -5.39. The van der Waals surface area contributed by atoms with E-state index < -0.39 is 15.6 Å². The lowest BCUT2D eigenvalue weighted by molar-refractivity contribution is -0.434. The Hall–Kier alpha value is 0.800. The molecule has 0 aliphatic rings. The van der Waals surface area contributed by atoms with Crippen molar-refractivity contribution in [3.8, 4) is 0 Å². The summed E-state index contributed by atoms with van der Waals surface area (Å²) in [5, 5.41) is 0. The summed E-state index contributed by atoms with van der Waals surface area (Å²) in [6.07, 6.45) is 0. The molecule has 0 aromatic rings. The number of rotatable bonds is 0. The highest BCUT2D eigenvalue weighted by atomic mass is 35.5. The second-order valence-corrected chi connectivity index (χ2v) is 5.68. The van der Waals surface area contributed by atoms with Crippen molar-refractivity contribution in [1.29, 1.82) is 0 Å². The van der Waals surface area contributed by atoms with Crippen molar-refractivity contribution in [3.63, 3.8) is 0 Å². The largest absolute Gasteiger partial charge is 0.822 e. The fourth-order valence-electron chi connectivity index (χ4n) is 0.